The van der Waals surface area contributed by atoms with Gasteiger partial charge in [0.05, 0.1) is 11.6 Å². The van der Waals surface area contributed by atoms with Gasteiger partial charge in [-0.25, -0.2) is 9.37 Å². The first-order valence-corrected chi connectivity index (χ1v) is 11.2. The largest absolute Gasteiger partial charge is 0.345 e. The monoisotopic (exact) mass is 422 g/mol. The number of aromatic amines is 1. The number of aromatic nitrogens is 2. The second-order valence-electron chi connectivity index (χ2n) is 8.82. The van der Waals surface area contributed by atoms with Crippen LogP contribution in [0.2, 0.25) is 0 Å². The van der Waals surface area contributed by atoms with Gasteiger partial charge in [-0.15, -0.1) is 0 Å². The van der Waals surface area contributed by atoms with Crippen molar-refractivity contribution in [3.8, 4) is 11.1 Å². The minimum atomic E-state index is -0.427. The zero-order chi connectivity index (χ0) is 22.0. The van der Waals surface area contributed by atoms with Crippen LogP contribution in [-0.2, 0) is 0 Å². The number of nitrogens with two attached hydrogens (primary N) is 1. The Bertz CT molecular complexity index is 1070. The van der Waals surface area contributed by atoms with Crippen molar-refractivity contribution in [1.29, 1.82) is 0 Å². The van der Waals surface area contributed by atoms with Crippen molar-refractivity contribution in [1.82, 2.24) is 14.9 Å². The van der Waals surface area contributed by atoms with E-state index in [1.807, 2.05) is 12.1 Å². The van der Waals surface area contributed by atoms with E-state index in [1.165, 1.54) is 37.0 Å². The molecule has 2 aromatic carbocycles. The summed E-state index contributed by atoms with van der Waals surface area (Å²) in [4.78, 5) is 21.9. The smallest absolute Gasteiger partial charge is 0.253 e. The lowest BCUT2D eigenvalue weighted by molar-refractivity contribution is 0.0828. The summed E-state index contributed by atoms with van der Waals surface area (Å²) in [6.45, 7) is 0. The first-order valence-electron chi connectivity index (χ1n) is 11.2. The van der Waals surface area contributed by atoms with Gasteiger partial charge in [0.25, 0.3) is 5.91 Å². The maximum atomic E-state index is 15.6. The van der Waals surface area contributed by atoms with Crippen molar-refractivity contribution in [2.24, 2.45) is 11.7 Å². The highest BCUT2D eigenvalue weighted by atomic mass is 19.1. The third kappa shape index (κ3) is 4.35. The number of fused-ring (bicyclic) bond motifs is 1. The molecule has 1 aliphatic carbocycles. The summed E-state index contributed by atoms with van der Waals surface area (Å²) in [6, 6.07) is 10.4. The van der Waals surface area contributed by atoms with Crippen molar-refractivity contribution in [3.05, 3.63) is 53.6 Å². The normalized spacial score (nSPS) is 16.6. The molecule has 0 spiro atoms. The number of H-pyrrole nitrogens is 1. The SMILES string of the molecule is CN(C)C(=O)c1ccccc1-c1ccc2[nH]c(C(N)C3CCCCCCC3)nc2c1F. The Labute approximate surface area is 182 Å². The lowest BCUT2D eigenvalue weighted by atomic mass is 9.86. The van der Waals surface area contributed by atoms with Crippen molar-refractivity contribution in [2.45, 2.75) is 51.0 Å². The molecule has 1 unspecified atom stereocenters. The maximum absolute atomic E-state index is 15.6. The number of nitrogens with zero attached hydrogens (tertiary/aromatic N) is 2. The second kappa shape index (κ2) is 9.18. The second-order valence-corrected chi connectivity index (χ2v) is 8.82. The Kier molecular flexibility index (Phi) is 6.37. The molecule has 1 amide bonds. The van der Waals surface area contributed by atoms with E-state index >= 15 is 4.39 Å². The van der Waals surface area contributed by atoms with Crippen LogP contribution in [0.3, 0.4) is 0 Å². The van der Waals surface area contributed by atoms with Gasteiger partial charge in [-0.05, 0) is 42.5 Å². The first-order chi connectivity index (χ1) is 15.0. The molecule has 31 heavy (non-hydrogen) atoms. The highest BCUT2D eigenvalue weighted by Crippen LogP contribution is 2.34. The van der Waals surface area contributed by atoms with Crippen LogP contribution < -0.4 is 5.73 Å². The molecule has 0 bridgehead atoms. The van der Waals surface area contributed by atoms with Crippen molar-refractivity contribution in [2.75, 3.05) is 14.1 Å². The number of carbonyl (C=O) groups is 1. The molecule has 1 fully saturated rings. The van der Waals surface area contributed by atoms with Crippen LogP contribution in [0.4, 0.5) is 4.39 Å². The number of nitrogens with one attached hydrogen (secondary N) is 1. The van der Waals surface area contributed by atoms with Crippen LogP contribution in [0, 0.1) is 11.7 Å². The number of rotatable bonds is 4. The topological polar surface area (TPSA) is 75.0 Å². The standard InChI is InChI=1S/C25H31FN4O/c1-30(2)25(31)19-13-9-8-12-17(19)18-14-15-20-23(21(18)26)29-24(28-20)22(27)16-10-6-4-3-5-7-11-16/h8-9,12-16,22H,3-7,10-11,27H2,1-2H3,(H,28,29). The third-order valence-corrected chi connectivity index (χ3v) is 6.44. The van der Waals surface area contributed by atoms with Crippen molar-refractivity contribution in [3.63, 3.8) is 0 Å². The highest BCUT2D eigenvalue weighted by Gasteiger charge is 2.25. The first kappa shape index (κ1) is 21.5. The quantitative estimate of drug-likeness (QED) is 0.589. The minimum absolute atomic E-state index is 0.163. The van der Waals surface area contributed by atoms with Crippen LogP contribution in [0.25, 0.3) is 22.2 Å². The number of hydrogen-bond donors (Lipinski definition) is 2. The fourth-order valence-corrected chi connectivity index (χ4v) is 4.64. The Balaban J connectivity index is 1.70. The fraction of sp³-hybridized carbons (Fsp3) is 0.440. The fourth-order valence-electron chi connectivity index (χ4n) is 4.64. The predicted molar refractivity (Wildman–Crippen MR) is 122 cm³/mol. The Morgan fingerprint density at radius 3 is 2.45 bits per heavy atom. The van der Waals surface area contributed by atoms with Crippen LogP contribution in [0.5, 0.6) is 0 Å². The van der Waals surface area contributed by atoms with Gasteiger partial charge in [0.1, 0.15) is 11.3 Å². The molecule has 0 saturated heterocycles. The zero-order valence-electron chi connectivity index (χ0n) is 18.3. The van der Waals surface area contributed by atoms with Crippen LogP contribution >= 0.6 is 0 Å². The molecule has 6 heteroatoms. The lowest BCUT2D eigenvalue weighted by Gasteiger charge is -2.24. The number of imidazole rings is 1. The van der Waals surface area contributed by atoms with E-state index < -0.39 is 5.82 Å². The van der Waals surface area contributed by atoms with E-state index in [9.17, 15) is 4.79 Å². The highest BCUT2D eigenvalue weighted by molar-refractivity contribution is 6.01. The third-order valence-electron chi connectivity index (χ3n) is 6.44. The Morgan fingerprint density at radius 2 is 1.74 bits per heavy atom. The number of benzene rings is 2. The van der Waals surface area contributed by atoms with Crippen LogP contribution in [0.1, 0.15) is 67.2 Å². The molecule has 1 saturated carbocycles. The van der Waals surface area contributed by atoms with Gasteiger partial charge in [-0.3, -0.25) is 4.79 Å². The summed E-state index contributed by atoms with van der Waals surface area (Å²) in [5.74, 6) is 0.420. The lowest BCUT2D eigenvalue weighted by Crippen LogP contribution is -2.23. The number of amides is 1. The van der Waals surface area contributed by atoms with Gasteiger partial charge < -0.3 is 15.6 Å². The molecule has 5 nitrogen and oxygen atoms in total. The molecule has 1 atom stereocenters. The molecule has 1 aromatic heterocycles. The predicted octanol–water partition coefficient (Wildman–Crippen LogP) is 5.43. The average molecular weight is 423 g/mol. The number of halogens is 1. The number of hydrogen-bond acceptors (Lipinski definition) is 3. The van der Waals surface area contributed by atoms with Gasteiger partial charge in [0.2, 0.25) is 0 Å². The maximum Gasteiger partial charge on any atom is 0.253 e. The molecule has 0 aliphatic heterocycles. The summed E-state index contributed by atoms with van der Waals surface area (Å²) in [6.07, 6.45) is 8.37. The molecular weight excluding hydrogens is 391 g/mol. The van der Waals surface area contributed by atoms with Gasteiger partial charge in [-0.2, -0.15) is 0 Å². The van der Waals surface area contributed by atoms with E-state index in [2.05, 4.69) is 9.97 Å². The number of carbonyl (C=O) groups excluding carboxylic acids is 1. The molecule has 3 N–H and O–H groups in total. The summed E-state index contributed by atoms with van der Waals surface area (Å²) in [5.41, 5.74) is 8.90. The average Bonchev–Trinajstić information content (AvgIpc) is 3.18. The van der Waals surface area contributed by atoms with Gasteiger partial charge >= 0.3 is 0 Å². The summed E-state index contributed by atoms with van der Waals surface area (Å²) in [7, 11) is 3.38. The molecule has 1 aliphatic rings. The van der Waals surface area contributed by atoms with E-state index in [0.29, 0.717) is 33.9 Å². The van der Waals surface area contributed by atoms with Crippen molar-refractivity contribution < 1.29 is 9.18 Å². The van der Waals surface area contributed by atoms with Crippen LogP contribution in [-0.4, -0.2) is 34.9 Å². The van der Waals surface area contributed by atoms with E-state index in [-0.39, 0.29) is 17.5 Å². The van der Waals surface area contributed by atoms with E-state index in [4.69, 9.17) is 5.73 Å². The zero-order valence-corrected chi connectivity index (χ0v) is 18.3. The molecule has 4 rings (SSSR count). The summed E-state index contributed by atoms with van der Waals surface area (Å²) >= 11 is 0. The Morgan fingerprint density at radius 1 is 1.06 bits per heavy atom. The molecule has 3 aromatic rings. The summed E-state index contributed by atoms with van der Waals surface area (Å²) in [5, 5.41) is 0. The van der Waals surface area contributed by atoms with Gasteiger partial charge in [0, 0.05) is 25.2 Å². The molecular formula is C25H31FN4O. The van der Waals surface area contributed by atoms with E-state index in [0.717, 1.165) is 12.8 Å². The molecule has 1 heterocycles. The molecule has 164 valence electrons. The van der Waals surface area contributed by atoms with Gasteiger partial charge in [-0.1, -0.05) is 50.3 Å². The molecule has 0 radical (unpaired) electrons. The van der Waals surface area contributed by atoms with Crippen LogP contribution in [0.15, 0.2) is 36.4 Å². The van der Waals surface area contributed by atoms with Gasteiger partial charge in [0.15, 0.2) is 5.82 Å². The van der Waals surface area contributed by atoms with E-state index in [1.54, 1.807) is 38.4 Å². The minimum Gasteiger partial charge on any atom is -0.345 e. The Hall–Kier alpha value is -2.73. The van der Waals surface area contributed by atoms with Crippen molar-refractivity contribution >= 4 is 16.9 Å². The summed E-state index contributed by atoms with van der Waals surface area (Å²) < 4.78 is 15.6.